The third kappa shape index (κ3) is 1.41. The van der Waals surface area contributed by atoms with Gasteiger partial charge < -0.3 is 5.11 Å². The Morgan fingerprint density at radius 3 is 2.56 bits per heavy atom. The lowest BCUT2D eigenvalue weighted by atomic mass is 9.63. The Hall–Kier alpha value is -0.850. The monoisotopic (exact) mass is 221 g/mol. The second-order valence-electron chi connectivity index (χ2n) is 5.17. The first kappa shape index (κ1) is 11.6. The van der Waals surface area contributed by atoms with E-state index in [4.69, 9.17) is 0 Å². The van der Waals surface area contributed by atoms with Crippen LogP contribution in [-0.2, 0) is 4.79 Å². The normalized spacial score (nSPS) is 41.7. The van der Waals surface area contributed by atoms with Crippen LogP contribution in [0, 0.1) is 17.3 Å². The summed E-state index contributed by atoms with van der Waals surface area (Å²) in [6.07, 6.45) is 2.31. The van der Waals surface area contributed by atoms with Gasteiger partial charge in [0.1, 0.15) is 5.54 Å². The van der Waals surface area contributed by atoms with E-state index >= 15 is 0 Å². The lowest BCUT2D eigenvalue weighted by Crippen LogP contribution is -2.70. The maximum Gasteiger partial charge on any atom is 0.162 e. The van der Waals surface area contributed by atoms with E-state index in [9.17, 15) is 9.90 Å². The minimum Gasteiger partial charge on any atom is -0.394 e. The van der Waals surface area contributed by atoms with Crippen molar-refractivity contribution in [2.24, 2.45) is 5.41 Å². The molecule has 3 saturated heterocycles. The van der Waals surface area contributed by atoms with E-state index in [1.165, 1.54) is 0 Å². The zero-order chi connectivity index (χ0) is 11.8. The Labute approximate surface area is 96.8 Å². The highest BCUT2D eigenvalue weighted by molar-refractivity contribution is 5.95. The summed E-state index contributed by atoms with van der Waals surface area (Å²) < 4.78 is 0. The van der Waals surface area contributed by atoms with E-state index in [2.05, 4.69) is 16.7 Å². The molecule has 0 spiro atoms. The van der Waals surface area contributed by atoms with Crippen molar-refractivity contribution in [2.45, 2.75) is 38.6 Å². The number of aliphatic hydroxyl groups excluding tert-OH is 1. The van der Waals surface area contributed by atoms with Crippen LogP contribution in [0.3, 0.4) is 0 Å². The lowest BCUT2D eigenvalue weighted by Gasteiger charge is -2.56. The van der Waals surface area contributed by atoms with Crippen LogP contribution in [0.15, 0.2) is 0 Å². The third-order valence-corrected chi connectivity index (χ3v) is 4.26. The molecule has 16 heavy (non-hydrogen) atoms. The number of rotatable bonds is 2. The van der Waals surface area contributed by atoms with Crippen molar-refractivity contribution in [1.29, 1.82) is 0 Å². The van der Waals surface area contributed by atoms with Crippen LogP contribution < -0.4 is 0 Å². The van der Waals surface area contributed by atoms with E-state index < -0.39 is 5.54 Å². The van der Waals surface area contributed by atoms with Gasteiger partial charge in [-0.25, -0.2) is 0 Å². The van der Waals surface area contributed by atoms with Gasteiger partial charge in [-0.2, -0.15) is 0 Å². The molecule has 3 heterocycles. The highest BCUT2D eigenvalue weighted by Gasteiger charge is 2.57. The second kappa shape index (κ2) is 3.87. The molecule has 0 radical (unpaired) electrons. The predicted molar refractivity (Wildman–Crippen MR) is 61.8 cm³/mol. The van der Waals surface area contributed by atoms with Crippen molar-refractivity contribution in [1.82, 2.24) is 4.90 Å². The molecule has 3 rings (SSSR count). The lowest BCUT2D eigenvalue weighted by molar-refractivity contribution is -0.162. The summed E-state index contributed by atoms with van der Waals surface area (Å²) in [4.78, 5) is 14.6. The van der Waals surface area contributed by atoms with Gasteiger partial charge in [0.25, 0.3) is 0 Å². The quantitative estimate of drug-likeness (QED) is 0.702. The average molecular weight is 221 g/mol. The maximum absolute atomic E-state index is 12.5. The van der Waals surface area contributed by atoms with Crippen LogP contribution in [0.25, 0.3) is 0 Å². The van der Waals surface area contributed by atoms with E-state index in [1.807, 2.05) is 6.92 Å². The topological polar surface area (TPSA) is 40.5 Å². The number of aliphatic hydroxyl groups is 1. The molecule has 0 amide bonds. The van der Waals surface area contributed by atoms with Crippen LogP contribution in [0.5, 0.6) is 0 Å². The predicted octanol–water partition coefficient (Wildman–Crippen LogP) is 0.816. The summed E-state index contributed by atoms with van der Waals surface area (Å²) >= 11 is 0. The van der Waals surface area contributed by atoms with E-state index in [0.717, 1.165) is 25.9 Å². The molecule has 2 bridgehead atoms. The number of ketones is 1. The van der Waals surface area contributed by atoms with Crippen molar-refractivity contribution >= 4 is 5.78 Å². The third-order valence-electron chi connectivity index (χ3n) is 4.26. The zero-order valence-corrected chi connectivity index (χ0v) is 10.0. The summed E-state index contributed by atoms with van der Waals surface area (Å²) in [7, 11) is 0. The number of Topliss-reactive ketones (excluding diaryl/α,β-unsaturated/α-hetero) is 1. The molecule has 3 heteroatoms. The Morgan fingerprint density at radius 2 is 2.06 bits per heavy atom. The first-order chi connectivity index (χ1) is 7.59. The van der Waals surface area contributed by atoms with Crippen molar-refractivity contribution < 1.29 is 9.90 Å². The first-order valence-corrected chi connectivity index (χ1v) is 5.89. The molecule has 3 fully saturated rings. The van der Waals surface area contributed by atoms with Gasteiger partial charge in [0.05, 0.1) is 6.61 Å². The van der Waals surface area contributed by atoms with Crippen molar-refractivity contribution in [3.05, 3.63) is 0 Å². The molecule has 3 aliphatic heterocycles. The molecule has 0 aromatic heterocycles. The van der Waals surface area contributed by atoms with E-state index in [1.54, 1.807) is 6.92 Å². The summed E-state index contributed by atoms with van der Waals surface area (Å²) in [5.41, 5.74) is -0.943. The summed E-state index contributed by atoms with van der Waals surface area (Å²) in [5.74, 6) is 5.99. The number of hydrogen-bond donors (Lipinski definition) is 1. The van der Waals surface area contributed by atoms with Crippen LogP contribution in [0.1, 0.15) is 33.1 Å². The van der Waals surface area contributed by atoms with Crippen LogP contribution >= 0.6 is 0 Å². The molecule has 0 saturated carbocycles. The van der Waals surface area contributed by atoms with Gasteiger partial charge in [-0.1, -0.05) is 6.92 Å². The van der Waals surface area contributed by atoms with Gasteiger partial charge in [0, 0.05) is 24.9 Å². The van der Waals surface area contributed by atoms with Crippen LogP contribution in [-0.4, -0.2) is 41.0 Å². The minimum absolute atomic E-state index is 0.101. The summed E-state index contributed by atoms with van der Waals surface area (Å²) in [6.45, 7) is 5.53. The number of fused-ring (bicyclic) bond motifs is 3. The number of piperidine rings is 3. The summed E-state index contributed by atoms with van der Waals surface area (Å²) in [6, 6.07) is 0. The number of carbonyl (C=O) groups excluding carboxylic acids is 1. The number of hydrogen-bond acceptors (Lipinski definition) is 3. The van der Waals surface area contributed by atoms with E-state index in [-0.39, 0.29) is 17.8 Å². The fourth-order valence-corrected chi connectivity index (χ4v) is 3.02. The Morgan fingerprint density at radius 1 is 1.44 bits per heavy atom. The van der Waals surface area contributed by atoms with Crippen LogP contribution in [0.2, 0.25) is 0 Å². The molecule has 0 aromatic carbocycles. The number of nitrogens with zero attached hydrogens (tertiary/aromatic N) is 1. The Bertz CT molecular complexity index is 358. The van der Waals surface area contributed by atoms with Crippen molar-refractivity contribution in [3.8, 4) is 11.8 Å². The molecular weight excluding hydrogens is 202 g/mol. The zero-order valence-electron chi connectivity index (χ0n) is 10.0. The fraction of sp³-hybridized carbons (Fsp3) is 0.769. The highest BCUT2D eigenvalue weighted by Crippen LogP contribution is 2.45. The molecule has 0 aromatic rings. The second-order valence-corrected chi connectivity index (χ2v) is 5.17. The average Bonchev–Trinajstić information content (AvgIpc) is 2.31. The Balaban J connectivity index is 2.36. The van der Waals surface area contributed by atoms with Gasteiger partial charge in [-0.15, -0.1) is 11.8 Å². The molecule has 1 N–H and O–H groups in total. The van der Waals surface area contributed by atoms with Gasteiger partial charge >= 0.3 is 0 Å². The van der Waals surface area contributed by atoms with Gasteiger partial charge in [0.2, 0.25) is 0 Å². The van der Waals surface area contributed by atoms with Gasteiger partial charge in [-0.3, -0.25) is 9.69 Å². The largest absolute Gasteiger partial charge is 0.394 e. The van der Waals surface area contributed by atoms with Crippen molar-refractivity contribution in [2.75, 3.05) is 19.7 Å². The first-order valence-electron chi connectivity index (χ1n) is 5.89. The van der Waals surface area contributed by atoms with Gasteiger partial charge in [0.15, 0.2) is 5.78 Å². The molecule has 3 nitrogen and oxygen atoms in total. The number of carbonyl (C=O) groups is 1. The molecule has 88 valence electrons. The molecular formula is C13H19NO2. The summed E-state index contributed by atoms with van der Waals surface area (Å²) in [5, 5.41) is 9.64. The van der Waals surface area contributed by atoms with Crippen LogP contribution in [0.4, 0.5) is 0 Å². The minimum atomic E-state index is -0.714. The smallest absolute Gasteiger partial charge is 0.162 e. The standard InChI is InChI=1S/C13H19NO2/c1-3-4-5-13(10-15)11(16)12(2)6-8-14(13)9-7-12/h15H,5-10H2,1-2H3/t13-/m1/s1. The molecule has 0 aliphatic carbocycles. The highest BCUT2D eigenvalue weighted by atomic mass is 16.3. The fourth-order valence-electron chi connectivity index (χ4n) is 3.02. The Kier molecular flexibility index (Phi) is 2.81. The molecule has 1 atom stereocenters. The maximum atomic E-state index is 12.5. The SMILES string of the molecule is CC#CC[C@@]1(CO)C(=O)C2(C)CCN1CC2. The van der Waals surface area contributed by atoms with Crippen molar-refractivity contribution in [3.63, 3.8) is 0 Å². The molecule has 3 aliphatic rings. The van der Waals surface area contributed by atoms with E-state index in [0.29, 0.717) is 6.42 Å². The van der Waals surface area contributed by atoms with Gasteiger partial charge in [-0.05, 0) is 19.8 Å². The molecule has 0 unspecified atom stereocenters.